The van der Waals surface area contributed by atoms with Gasteiger partial charge in [0.2, 0.25) is 5.13 Å². The molecular weight excluding hydrogens is 256 g/mol. The molecule has 1 N–H and O–H groups in total. The fourth-order valence-corrected chi connectivity index (χ4v) is 3.23. The van der Waals surface area contributed by atoms with Crippen molar-refractivity contribution < 1.29 is 0 Å². The van der Waals surface area contributed by atoms with Crippen molar-refractivity contribution >= 4 is 16.7 Å². The third-order valence-electron chi connectivity index (χ3n) is 3.65. The van der Waals surface area contributed by atoms with Crippen LogP contribution in [0.15, 0.2) is 0 Å². The Morgan fingerprint density at radius 2 is 2.00 bits per heavy atom. The van der Waals surface area contributed by atoms with Gasteiger partial charge >= 0.3 is 0 Å². The Balaban J connectivity index is 1.89. The van der Waals surface area contributed by atoms with E-state index in [0.29, 0.717) is 0 Å². The van der Waals surface area contributed by atoms with Crippen molar-refractivity contribution in [3.8, 4) is 0 Å². The summed E-state index contributed by atoms with van der Waals surface area (Å²) in [5, 5.41) is 4.56. The third kappa shape index (κ3) is 3.89. The molecule has 1 aliphatic rings. The van der Waals surface area contributed by atoms with Gasteiger partial charge in [-0.05, 0) is 31.8 Å². The van der Waals surface area contributed by atoms with Gasteiger partial charge in [0.25, 0.3) is 0 Å². The van der Waals surface area contributed by atoms with Gasteiger partial charge in [-0.1, -0.05) is 27.7 Å². The van der Waals surface area contributed by atoms with Gasteiger partial charge in [-0.3, -0.25) is 0 Å². The highest BCUT2D eigenvalue weighted by Crippen LogP contribution is 2.28. The zero-order chi connectivity index (χ0) is 13.9. The molecule has 0 amide bonds. The third-order valence-corrected chi connectivity index (χ3v) is 4.43. The average Bonchev–Trinajstić information content (AvgIpc) is 2.86. The number of hydrogen-bond donors (Lipinski definition) is 1. The van der Waals surface area contributed by atoms with Crippen molar-refractivity contribution in [3.05, 3.63) is 5.82 Å². The monoisotopic (exact) mass is 282 g/mol. The molecule has 1 fully saturated rings. The first-order valence-corrected chi connectivity index (χ1v) is 8.08. The lowest BCUT2D eigenvalue weighted by atomic mass is 9.96. The Labute approximate surface area is 120 Å². The van der Waals surface area contributed by atoms with E-state index in [1.54, 1.807) is 11.5 Å². The van der Waals surface area contributed by atoms with Crippen LogP contribution in [0.1, 0.15) is 46.4 Å². The number of rotatable bonds is 4. The largest absolute Gasteiger partial charge is 0.347 e. The fraction of sp³-hybridized carbons (Fsp3) is 0.857. The predicted molar refractivity (Wildman–Crippen MR) is 82.1 cm³/mol. The summed E-state index contributed by atoms with van der Waals surface area (Å²) in [6, 6.07) is 0. The van der Waals surface area contributed by atoms with Crippen molar-refractivity contribution in [1.82, 2.24) is 14.7 Å². The Bertz CT molecular complexity index is 388. The summed E-state index contributed by atoms with van der Waals surface area (Å²) in [7, 11) is 0. The van der Waals surface area contributed by atoms with Gasteiger partial charge in [-0.2, -0.15) is 4.37 Å². The highest BCUT2D eigenvalue weighted by molar-refractivity contribution is 7.09. The highest BCUT2D eigenvalue weighted by Gasteiger charge is 2.24. The molecule has 108 valence electrons. The van der Waals surface area contributed by atoms with Crippen molar-refractivity contribution in [2.45, 2.75) is 46.0 Å². The van der Waals surface area contributed by atoms with E-state index in [2.05, 4.69) is 42.3 Å². The predicted octanol–water partition coefficient (Wildman–Crippen LogP) is 2.66. The average molecular weight is 282 g/mol. The second kappa shape index (κ2) is 6.18. The number of anilines is 1. The van der Waals surface area contributed by atoms with E-state index in [0.717, 1.165) is 43.1 Å². The molecule has 0 radical (unpaired) electrons. The summed E-state index contributed by atoms with van der Waals surface area (Å²) in [6.07, 6.45) is 2.52. The SMILES string of the molecule is CCNCC1CCN(c2nc(C(C)(C)C)ns2)CC1. The molecular formula is C14H26N4S. The van der Waals surface area contributed by atoms with E-state index in [1.165, 1.54) is 12.8 Å². The van der Waals surface area contributed by atoms with Crippen molar-refractivity contribution in [2.75, 3.05) is 31.1 Å². The number of nitrogens with one attached hydrogen (secondary N) is 1. The molecule has 5 heteroatoms. The Hall–Kier alpha value is -0.680. The van der Waals surface area contributed by atoms with Crippen LogP contribution in [0.4, 0.5) is 5.13 Å². The summed E-state index contributed by atoms with van der Waals surface area (Å²) in [5.74, 6) is 1.80. The lowest BCUT2D eigenvalue weighted by Crippen LogP contribution is -2.37. The minimum Gasteiger partial charge on any atom is -0.347 e. The van der Waals surface area contributed by atoms with Crippen LogP contribution < -0.4 is 10.2 Å². The smallest absolute Gasteiger partial charge is 0.205 e. The maximum Gasteiger partial charge on any atom is 0.205 e. The normalized spacial score (nSPS) is 18.0. The summed E-state index contributed by atoms with van der Waals surface area (Å²) in [4.78, 5) is 7.11. The summed E-state index contributed by atoms with van der Waals surface area (Å²) < 4.78 is 4.51. The van der Waals surface area contributed by atoms with Gasteiger partial charge in [-0.25, -0.2) is 4.98 Å². The molecule has 1 aromatic heterocycles. The molecule has 19 heavy (non-hydrogen) atoms. The Morgan fingerprint density at radius 3 is 2.53 bits per heavy atom. The molecule has 4 nitrogen and oxygen atoms in total. The van der Waals surface area contributed by atoms with E-state index in [4.69, 9.17) is 4.98 Å². The molecule has 0 atom stereocenters. The van der Waals surface area contributed by atoms with Crippen LogP contribution >= 0.6 is 11.5 Å². The van der Waals surface area contributed by atoms with Crippen molar-refractivity contribution in [1.29, 1.82) is 0 Å². The first kappa shape index (κ1) is 14.7. The maximum atomic E-state index is 4.71. The van der Waals surface area contributed by atoms with Gasteiger partial charge in [0.05, 0.1) is 0 Å². The molecule has 0 unspecified atom stereocenters. The molecule has 2 rings (SSSR count). The standard InChI is InChI=1S/C14H26N4S/c1-5-15-10-11-6-8-18(9-7-11)13-16-12(17-19-13)14(2,3)4/h11,15H,5-10H2,1-4H3. The molecule has 1 aromatic rings. The molecule has 0 aromatic carbocycles. The minimum absolute atomic E-state index is 0.0537. The molecule has 2 heterocycles. The van der Waals surface area contributed by atoms with E-state index in [1.807, 2.05) is 0 Å². The van der Waals surface area contributed by atoms with Crippen LogP contribution in [-0.2, 0) is 5.41 Å². The van der Waals surface area contributed by atoms with Crippen LogP contribution in [0.25, 0.3) is 0 Å². The topological polar surface area (TPSA) is 41.0 Å². The van der Waals surface area contributed by atoms with Gasteiger partial charge in [0, 0.05) is 30.0 Å². The molecule has 1 saturated heterocycles. The van der Waals surface area contributed by atoms with Crippen molar-refractivity contribution in [2.24, 2.45) is 5.92 Å². The summed E-state index contributed by atoms with van der Waals surface area (Å²) in [6.45, 7) is 13.2. The van der Waals surface area contributed by atoms with E-state index in [-0.39, 0.29) is 5.41 Å². The van der Waals surface area contributed by atoms with Crippen LogP contribution in [-0.4, -0.2) is 35.5 Å². The second-order valence-corrected chi connectivity index (χ2v) is 7.12. The lowest BCUT2D eigenvalue weighted by molar-refractivity contribution is 0.386. The number of hydrogen-bond acceptors (Lipinski definition) is 5. The Kier molecular flexibility index (Phi) is 4.79. The molecule has 0 spiro atoms. The number of aromatic nitrogens is 2. The van der Waals surface area contributed by atoms with Crippen LogP contribution in [0.3, 0.4) is 0 Å². The van der Waals surface area contributed by atoms with Crippen LogP contribution in [0.5, 0.6) is 0 Å². The quantitative estimate of drug-likeness (QED) is 0.922. The second-order valence-electron chi connectivity index (χ2n) is 6.39. The summed E-state index contributed by atoms with van der Waals surface area (Å²) in [5.41, 5.74) is 0.0537. The number of piperidine rings is 1. The summed E-state index contributed by atoms with van der Waals surface area (Å²) >= 11 is 1.55. The van der Waals surface area contributed by atoms with Gasteiger partial charge in [0.1, 0.15) is 5.82 Å². The molecule has 0 bridgehead atoms. The zero-order valence-electron chi connectivity index (χ0n) is 12.6. The Morgan fingerprint density at radius 1 is 1.32 bits per heavy atom. The fourth-order valence-electron chi connectivity index (χ4n) is 2.33. The van der Waals surface area contributed by atoms with Crippen LogP contribution in [0, 0.1) is 5.92 Å². The van der Waals surface area contributed by atoms with Crippen molar-refractivity contribution in [3.63, 3.8) is 0 Å². The zero-order valence-corrected chi connectivity index (χ0v) is 13.4. The van der Waals surface area contributed by atoms with Gasteiger partial charge in [-0.15, -0.1) is 0 Å². The van der Waals surface area contributed by atoms with E-state index in [9.17, 15) is 0 Å². The minimum atomic E-state index is 0.0537. The van der Waals surface area contributed by atoms with E-state index < -0.39 is 0 Å². The maximum absolute atomic E-state index is 4.71. The number of nitrogens with zero attached hydrogens (tertiary/aromatic N) is 3. The first-order valence-electron chi connectivity index (χ1n) is 7.30. The first-order chi connectivity index (χ1) is 9.00. The highest BCUT2D eigenvalue weighted by atomic mass is 32.1. The lowest BCUT2D eigenvalue weighted by Gasteiger charge is -2.31. The van der Waals surface area contributed by atoms with Gasteiger partial charge in [0.15, 0.2) is 0 Å². The van der Waals surface area contributed by atoms with Gasteiger partial charge < -0.3 is 10.2 Å². The molecule has 0 aliphatic carbocycles. The van der Waals surface area contributed by atoms with E-state index >= 15 is 0 Å². The molecule has 1 aliphatic heterocycles. The molecule has 0 saturated carbocycles. The van der Waals surface area contributed by atoms with Crippen LogP contribution in [0.2, 0.25) is 0 Å².